The molecular formula is C27H28FN3O2. The summed E-state index contributed by atoms with van der Waals surface area (Å²) in [6.45, 7) is 2.81. The molecule has 0 aromatic heterocycles. The van der Waals surface area contributed by atoms with E-state index >= 15 is 0 Å². The van der Waals surface area contributed by atoms with Crippen LogP contribution in [0.3, 0.4) is 0 Å². The lowest BCUT2D eigenvalue weighted by Crippen LogP contribution is -2.43. The molecular weight excluding hydrogens is 417 g/mol. The molecule has 2 aliphatic heterocycles. The minimum atomic E-state index is -0.355. The predicted octanol–water partition coefficient (Wildman–Crippen LogP) is 5.07. The van der Waals surface area contributed by atoms with Gasteiger partial charge in [-0.3, -0.25) is 9.59 Å². The average Bonchev–Trinajstić information content (AvgIpc) is 3.38. The lowest BCUT2D eigenvalue weighted by atomic mass is 9.95. The van der Waals surface area contributed by atoms with Crippen LogP contribution in [-0.4, -0.2) is 42.9 Å². The van der Waals surface area contributed by atoms with Gasteiger partial charge in [0.15, 0.2) is 0 Å². The van der Waals surface area contributed by atoms with Crippen LogP contribution in [0.15, 0.2) is 60.7 Å². The third-order valence-electron chi connectivity index (χ3n) is 6.72. The number of carbonyl (C=O) groups excluding carboxylic acids is 2. The van der Waals surface area contributed by atoms with E-state index in [1.54, 1.807) is 4.90 Å². The van der Waals surface area contributed by atoms with Crippen LogP contribution in [0.1, 0.15) is 36.0 Å². The van der Waals surface area contributed by atoms with Gasteiger partial charge < -0.3 is 15.1 Å². The molecule has 1 atom stereocenters. The Labute approximate surface area is 193 Å². The van der Waals surface area contributed by atoms with Gasteiger partial charge in [-0.05, 0) is 60.7 Å². The van der Waals surface area contributed by atoms with Gasteiger partial charge in [0.2, 0.25) is 5.91 Å². The molecule has 0 radical (unpaired) electrons. The zero-order chi connectivity index (χ0) is 22.8. The fraction of sp³-hybridized carbons (Fsp3) is 0.333. The van der Waals surface area contributed by atoms with Crippen molar-refractivity contribution < 1.29 is 14.0 Å². The molecule has 170 valence electrons. The minimum absolute atomic E-state index is 0.0497. The number of benzene rings is 3. The molecule has 0 aliphatic carbocycles. The average molecular weight is 446 g/mol. The molecule has 3 aromatic rings. The van der Waals surface area contributed by atoms with Crippen molar-refractivity contribution in [1.29, 1.82) is 0 Å². The Morgan fingerprint density at radius 3 is 2.55 bits per heavy atom. The summed E-state index contributed by atoms with van der Waals surface area (Å²) in [6, 6.07) is 18.3. The quantitative estimate of drug-likeness (QED) is 0.610. The molecule has 1 unspecified atom stereocenters. The number of piperidine rings is 1. The van der Waals surface area contributed by atoms with Crippen molar-refractivity contribution in [2.24, 2.45) is 5.92 Å². The van der Waals surface area contributed by atoms with Crippen LogP contribution in [0.25, 0.3) is 10.8 Å². The van der Waals surface area contributed by atoms with Crippen LogP contribution < -0.4 is 10.2 Å². The Bertz CT molecular complexity index is 1180. The van der Waals surface area contributed by atoms with E-state index in [1.165, 1.54) is 12.1 Å². The summed E-state index contributed by atoms with van der Waals surface area (Å²) in [5.41, 5.74) is 1.94. The maximum Gasteiger partial charge on any atom is 0.254 e. The number of halogens is 1. The molecule has 2 amide bonds. The molecule has 6 heteroatoms. The second-order valence-corrected chi connectivity index (χ2v) is 9.00. The number of likely N-dealkylation sites (tertiary alicyclic amines) is 1. The minimum Gasteiger partial charge on any atom is -0.371 e. The van der Waals surface area contributed by atoms with Gasteiger partial charge in [-0.15, -0.1) is 0 Å². The molecule has 0 spiro atoms. The molecule has 1 N–H and O–H groups in total. The Morgan fingerprint density at radius 1 is 0.909 bits per heavy atom. The Morgan fingerprint density at radius 2 is 1.70 bits per heavy atom. The number of anilines is 2. The van der Waals surface area contributed by atoms with Crippen molar-refractivity contribution in [2.45, 2.75) is 25.7 Å². The van der Waals surface area contributed by atoms with Crippen LogP contribution in [0.4, 0.5) is 15.8 Å². The summed E-state index contributed by atoms with van der Waals surface area (Å²) in [4.78, 5) is 30.3. The summed E-state index contributed by atoms with van der Waals surface area (Å²) in [5.74, 6) is -0.892. The first-order valence-electron chi connectivity index (χ1n) is 11.7. The normalized spacial score (nSPS) is 18.5. The molecule has 5 nitrogen and oxygen atoms in total. The number of fused-ring (bicyclic) bond motifs is 1. The number of nitrogens with one attached hydrogen (secondary N) is 1. The molecule has 2 saturated heterocycles. The van der Waals surface area contributed by atoms with Gasteiger partial charge in [0, 0.05) is 43.1 Å². The van der Waals surface area contributed by atoms with Crippen LogP contribution in [0.2, 0.25) is 0 Å². The van der Waals surface area contributed by atoms with Crippen molar-refractivity contribution in [3.8, 4) is 0 Å². The van der Waals surface area contributed by atoms with E-state index in [2.05, 4.69) is 10.2 Å². The molecule has 33 heavy (non-hydrogen) atoms. The van der Waals surface area contributed by atoms with Gasteiger partial charge in [-0.1, -0.05) is 36.4 Å². The SMILES string of the molecule is O=C(Nc1cc(F)cc(N2CCCC2)c1)C1CCCN(C(=O)c2cccc3ccccc23)C1. The third-order valence-corrected chi connectivity index (χ3v) is 6.72. The molecule has 5 rings (SSSR count). The number of nitrogens with zero attached hydrogens (tertiary/aromatic N) is 2. The van der Waals surface area contributed by atoms with Gasteiger partial charge >= 0.3 is 0 Å². The van der Waals surface area contributed by atoms with E-state index in [9.17, 15) is 14.0 Å². The molecule has 2 aliphatic rings. The molecule has 0 bridgehead atoms. The van der Waals surface area contributed by atoms with Crippen LogP contribution in [0, 0.1) is 11.7 Å². The van der Waals surface area contributed by atoms with Crippen molar-refractivity contribution >= 4 is 34.0 Å². The van der Waals surface area contributed by atoms with E-state index in [-0.39, 0.29) is 23.5 Å². The standard InChI is InChI=1S/C27H28FN3O2/c28-21-15-22(17-23(16-21)30-12-3-4-13-30)29-26(32)20-9-6-14-31(18-20)27(33)25-11-5-8-19-7-1-2-10-24(19)25/h1-2,5,7-8,10-11,15-17,20H,3-4,6,9,12-14,18H2,(H,29,32). The van der Waals surface area contributed by atoms with Crippen LogP contribution in [-0.2, 0) is 4.79 Å². The highest BCUT2D eigenvalue weighted by atomic mass is 19.1. The second kappa shape index (κ2) is 9.22. The zero-order valence-electron chi connectivity index (χ0n) is 18.6. The van der Waals surface area contributed by atoms with Crippen molar-refractivity contribution in [3.63, 3.8) is 0 Å². The monoisotopic (exact) mass is 445 g/mol. The fourth-order valence-electron chi connectivity index (χ4n) is 5.01. The van der Waals surface area contributed by atoms with E-state index < -0.39 is 0 Å². The smallest absolute Gasteiger partial charge is 0.254 e. The Balaban J connectivity index is 1.30. The first-order valence-corrected chi connectivity index (χ1v) is 11.7. The summed E-state index contributed by atoms with van der Waals surface area (Å²) in [7, 11) is 0. The summed E-state index contributed by atoms with van der Waals surface area (Å²) < 4.78 is 14.2. The van der Waals surface area contributed by atoms with Gasteiger partial charge in [0.25, 0.3) is 5.91 Å². The molecule has 3 aromatic carbocycles. The van der Waals surface area contributed by atoms with Crippen LogP contribution >= 0.6 is 0 Å². The number of amides is 2. The highest BCUT2D eigenvalue weighted by Crippen LogP contribution is 2.27. The van der Waals surface area contributed by atoms with Gasteiger partial charge in [0.1, 0.15) is 5.82 Å². The lowest BCUT2D eigenvalue weighted by molar-refractivity contribution is -0.121. The first kappa shape index (κ1) is 21.4. The van der Waals surface area contributed by atoms with E-state index in [4.69, 9.17) is 0 Å². The fourth-order valence-corrected chi connectivity index (χ4v) is 5.01. The highest BCUT2D eigenvalue weighted by molar-refractivity contribution is 6.07. The number of rotatable bonds is 4. The number of hydrogen-bond acceptors (Lipinski definition) is 3. The summed E-state index contributed by atoms with van der Waals surface area (Å²) in [5, 5.41) is 4.85. The van der Waals surface area contributed by atoms with Gasteiger partial charge in [0.05, 0.1) is 5.92 Å². The second-order valence-electron chi connectivity index (χ2n) is 9.00. The third kappa shape index (κ3) is 4.56. The summed E-state index contributed by atoms with van der Waals surface area (Å²) in [6.07, 6.45) is 3.66. The zero-order valence-corrected chi connectivity index (χ0v) is 18.6. The Kier molecular flexibility index (Phi) is 5.99. The van der Waals surface area contributed by atoms with E-state index in [0.717, 1.165) is 48.8 Å². The van der Waals surface area contributed by atoms with E-state index in [1.807, 2.05) is 48.5 Å². The maximum atomic E-state index is 14.2. The highest BCUT2D eigenvalue weighted by Gasteiger charge is 2.30. The topological polar surface area (TPSA) is 52.7 Å². The summed E-state index contributed by atoms with van der Waals surface area (Å²) >= 11 is 0. The lowest BCUT2D eigenvalue weighted by Gasteiger charge is -2.32. The molecule has 2 fully saturated rings. The predicted molar refractivity (Wildman–Crippen MR) is 129 cm³/mol. The Hall–Kier alpha value is -3.41. The maximum absolute atomic E-state index is 14.2. The van der Waals surface area contributed by atoms with Crippen LogP contribution in [0.5, 0.6) is 0 Å². The molecule has 0 saturated carbocycles. The van der Waals surface area contributed by atoms with Crippen molar-refractivity contribution in [1.82, 2.24) is 4.90 Å². The van der Waals surface area contributed by atoms with Crippen molar-refractivity contribution in [3.05, 3.63) is 72.0 Å². The van der Waals surface area contributed by atoms with Gasteiger partial charge in [-0.25, -0.2) is 4.39 Å². The largest absolute Gasteiger partial charge is 0.371 e. The van der Waals surface area contributed by atoms with E-state index in [0.29, 0.717) is 30.8 Å². The van der Waals surface area contributed by atoms with Crippen molar-refractivity contribution in [2.75, 3.05) is 36.4 Å². The first-order chi connectivity index (χ1) is 16.1. The number of carbonyl (C=O) groups is 2. The number of hydrogen-bond donors (Lipinski definition) is 1. The van der Waals surface area contributed by atoms with Gasteiger partial charge in [-0.2, -0.15) is 0 Å². The molecule has 2 heterocycles.